The molecular formula is C21H33NO. The second-order valence-corrected chi connectivity index (χ2v) is 9.06. The molecule has 4 atom stereocenters. The number of hydroxylamine groups is 2. The molecule has 1 saturated carbocycles. The van der Waals surface area contributed by atoms with Crippen LogP contribution in [0.1, 0.15) is 71.4 Å². The lowest BCUT2D eigenvalue weighted by atomic mass is 9.59. The van der Waals surface area contributed by atoms with Crippen LogP contribution < -0.4 is 0 Å². The van der Waals surface area contributed by atoms with Gasteiger partial charge in [0.05, 0.1) is 5.60 Å². The monoisotopic (exact) mass is 315 g/mol. The van der Waals surface area contributed by atoms with Crippen LogP contribution in [0.15, 0.2) is 24.3 Å². The molecule has 23 heavy (non-hydrogen) atoms. The van der Waals surface area contributed by atoms with Crippen molar-refractivity contribution in [1.82, 2.24) is 5.06 Å². The van der Waals surface area contributed by atoms with Crippen LogP contribution in [-0.4, -0.2) is 23.8 Å². The van der Waals surface area contributed by atoms with E-state index < -0.39 is 0 Å². The van der Waals surface area contributed by atoms with E-state index in [1.807, 2.05) is 0 Å². The maximum absolute atomic E-state index is 6.19. The molecule has 3 rings (SSSR count). The summed E-state index contributed by atoms with van der Waals surface area (Å²) in [6.45, 7) is 14.0. The van der Waals surface area contributed by atoms with E-state index in [1.54, 1.807) is 0 Å². The number of hydrogen-bond donors (Lipinski definition) is 0. The van der Waals surface area contributed by atoms with Gasteiger partial charge in [-0.15, -0.1) is 0 Å². The first-order valence-electron chi connectivity index (χ1n) is 9.16. The predicted octanol–water partition coefficient (Wildman–Crippen LogP) is 5.14. The van der Waals surface area contributed by atoms with Gasteiger partial charge in [0.15, 0.2) is 0 Å². The molecule has 1 aromatic rings. The summed E-state index contributed by atoms with van der Waals surface area (Å²) in [5.41, 5.74) is 3.15. The number of rotatable bonds is 2. The van der Waals surface area contributed by atoms with Gasteiger partial charge in [0.2, 0.25) is 0 Å². The van der Waals surface area contributed by atoms with Gasteiger partial charge in [-0.3, -0.25) is 4.84 Å². The van der Waals surface area contributed by atoms with Crippen molar-refractivity contribution in [2.24, 2.45) is 11.8 Å². The van der Waals surface area contributed by atoms with E-state index in [4.69, 9.17) is 4.84 Å². The standard InChI is InChI=1S/C21H33NO/c1-14(2)16-9-8-10-17(11-16)21(6)12-15(3)19-18(13-21)20(4,5)23-22(19)7/h8-11,14-15,18-19H,12-13H2,1-7H3. The van der Waals surface area contributed by atoms with Crippen molar-refractivity contribution in [1.29, 1.82) is 0 Å². The molecule has 2 aliphatic rings. The first-order chi connectivity index (χ1) is 10.6. The molecule has 0 amide bonds. The SMILES string of the molecule is CC(C)c1cccc(C2(C)CC(C)C3C(C2)C(C)(C)ON3C)c1. The summed E-state index contributed by atoms with van der Waals surface area (Å²) >= 11 is 0. The van der Waals surface area contributed by atoms with Crippen LogP contribution in [-0.2, 0) is 10.3 Å². The number of hydrogen-bond acceptors (Lipinski definition) is 2. The Balaban J connectivity index is 1.96. The van der Waals surface area contributed by atoms with Gasteiger partial charge < -0.3 is 0 Å². The van der Waals surface area contributed by atoms with Crippen molar-refractivity contribution in [2.45, 2.75) is 77.4 Å². The molecule has 0 spiro atoms. The molecule has 2 nitrogen and oxygen atoms in total. The largest absolute Gasteiger partial charge is 0.293 e. The van der Waals surface area contributed by atoms with Crippen LogP contribution in [0.4, 0.5) is 0 Å². The summed E-state index contributed by atoms with van der Waals surface area (Å²) < 4.78 is 0. The maximum Gasteiger partial charge on any atom is 0.0887 e. The summed E-state index contributed by atoms with van der Waals surface area (Å²) in [6.07, 6.45) is 2.44. The normalized spacial score (nSPS) is 37.1. The minimum atomic E-state index is -0.0645. The van der Waals surface area contributed by atoms with E-state index in [0.717, 1.165) is 0 Å². The molecular weight excluding hydrogens is 282 g/mol. The lowest BCUT2D eigenvalue weighted by Crippen LogP contribution is -2.48. The summed E-state index contributed by atoms with van der Waals surface area (Å²) in [5.74, 6) is 1.82. The van der Waals surface area contributed by atoms with Gasteiger partial charge in [-0.2, -0.15) is 5.06 Å². The first kappa shape index (κ1) is 17.0. The van der Waals surface area contributed by atoms with Gasteiger partial charge in [-0.1, -0.05) is 52.0 Å². The summed E-state index contributed by atoms with van der Waals surface area (Å²) in [6, 6.07) is 9.85. The van der Waals surface area contributed by atoms with Crippen LogP contribution in [0.3, 0.4) is 0 Å². The Labute approximate surface area is 142 Å². The molecule has 1 aliphatic carbocycles. The number of fused-ring (bicyclic) bond motifs is 1. The fraction of sp³-hybridized carbons (Fsp3) is 0.714. The number of benzene rings is 1. The minimum absolute atomic E-state index is 0.0645. The van der Waals surface area contributed by atoms with Crippen molar-refractivity contribution in [2.75, 3.05) is 7.05 Å². The fourth-order valence-corrected chi connectivity index (χ4v) is 5.19. The third kappa shape index (κ3) is 2.85. The summed E-state index contributed by atoms with van der Waals surface area (Å²) in [4.78, 5) is 6.19. The fourth-order valence-electron chi connectivity index (χ4n) is 5.19. The second kappa shape index (κ2) is 5.60. The Morgan fingerprint density at radius 1 is 1.17 bits per heavy atom. The third-order valence-electron chi connectivity index (χ3n) is 6.38. The van der Waals surface area contributed by atoms with Crippen LogP contribution in [0.25, 0.3) is 0 Å². The van der Waals surface area contributed by atoms with Gasteiger partial charge in [-0.25, -0.2) is 0 Å². The van der Waals surface area contributed by atoms with E-state index >= 15 is 0 Å². The highest BCUT2D eigenvalue weighted by atomic mass is 16.7. The molecule has 1 heterocycles. The molecule has 0 bridgehead atoms. The molecule has 0 radical (unpaired) electrons. The molecule has 1 aromatic carbocycles. The highest BCUT2D eigenvalue weighted by Gasteiger charge is 2.55. The van der Waals surface area contributed by atoms with Gasteiger partial charge in [0.1, 0.15) is 0 Å². The highest BCUT2D eigenvalue weighted by Crippen LogP contribution is 2.53. The van der Waals surface area contributed by atoms with Crippen LogP contribution in [0, 0.1) is 11.8 Å². The molecule has 2 fully saturated rings. The van der Waals surface area contributed by atoms with E-state index in [-0.39, 0.29) is 11.0 Å². The Bertz CT molecular complexity index is 579. The average Bonchev–Trinajstić information content (AvgIpc) is 2.68. The Hall–Kier alpha value is -0.860. The summed E-state index contributed by atoms with van der Waals surface area (Å²) in [7, 11) is 2.12. The molecule has 1 aliphatic heterocycles. The first-order valence-corrected chi connectivity index (χ1v) is 9.16. The lowest BCUT2D eigenvalue weighted by molar-refractivity contribution is -0.182. The topological polar surface area (TPSA) is 12.5 Å². The minimum Gasteiger partial charge on any atom is -0.293 e. The van der Waals surface area contributed by atoms with Gasteiger partial charge in [0, 0.05) is 19.0 Å². The van der Waals surface area contributed by atoms with Crippen molar-refractivity contribution < 1.29 is 4.84 Å². The van der Waals surface area contributed by atoms with Crippen molar-refractivity contribution in [3.05, 3.63) is 35.4 Å². The van der Waals surface area contributed by atoms with Crippen LogP contribution in [0.2, 0.25) is 0 Å². The third-order valence-corrected chi connectivity index (χ3v) is 6.38. The average molecular weight is 316 g/mol. The van der Waals surface area contributed by atoms with E-state index in [9.17, 15) is 0 Å². The summed E-state index contributed by atoms with van der Waals surface area (Å²) in [5, 5.41) is 2.14. The van der Waals surface area contributed by atoms with Gasteiger partial charge >= 0.3 is 0 Å². The van der Waals surface area contributed by atoms with Gasteiger partial charge in [0.25, 0.3) is 0 Å². The second-order valence-electron chi connectivity index (χ2n) is 9.06. The van der Waals surface area contributed by atoms with Crippen molar-refractivity contribution >= 4 is 0 Å². The number of nitrogens with zero attached hydrogens (tertiary/aromatic N) is 1. The zero-order valence-corrected chi connectivity index (χ0v) is 15.9. The van der Waals surface area contributed by atoms with E-state index in [0.29, 0.717) is 23.8 Å². The Morgan fingerprint density at radius 2 is 1.87 bits per heavy atom. The van der Waals surface area contributed by atoms with Crippen molar-refractivity contribution in [3.8, 4) is 0 Å². The van der Waals surface area contributed by atoms with Crippen molar-refractivity contribution in [3.63, 3.8) is 0 Å². The zero-order chi connectivity index (χ0) is 17.0. The molecule has 0 aromatic heterocycles. The maximum atomic E-state index is 6.19. The van der Waals surface area contributed by atoms with Gasteiger partial charge in [-0.05, 0) is 55.1 Å². The van der Waals surface area contributed by atoms with E-state index in [1.165, 1.54) is 24.0 Å². The quantitative estimate of drug-likeness (QED) is 0.749. The lowest BCUT2D eigenvalue weighted by Gasteiger charge is -2.46. The Kier molecular flexibility index (Phi) is 4.13. The molecule has 128 valence electrons. The molecule has 2 heteroatoms. The Morgan fingerprint density at radius 3 is 2.52 bits per heavy atom. The van der Waals surface area contributed by atoms with Crippen LogP contribution >= 0.6 is 0 Å². The smallest absolute Gasteiger partial charge is 0.0887 e. The predicted molar refractivity (Wildman–Crippen MR) is 96.5 cm³/mol. The van der Waals surface area contributed by atoms with Crippen LogP contribution in [0.5, 0.6) is 0 Å². The van der Waals surface area contributed by atoms with E-state index in [2.05, 4.69) is 77.9 Å². The highest BCUT2D eigenvalue weighted by molar-refractivity contribution is 5.32. The molecule has 4 unspecified atom stereocenters. The molecule has 1 saturated heterocycles. The molecule has 0 N–H and O–H groups in total. The zero-order valence-electron chi connectivity index (χ0n) is 15.9.